The molecule has 150 valence electrons. The van der Waals surface area contributed by atoms with Gasteiger partial charge in [-0.2, -0.15) is 0 Å². The van der Waals surface area contributed by atoms with Crippen molar-refractivity contribution < 1.29 is 4.74 Å². The number of hydrogen-bond acceptors (Lipinski definition) is 2. The van der Waals surface area contributed by atoms with Crippen LogP contribution in [0.5, 0.6) is 0 Å². The summed E-state index contributed by atoms with van der Waals surface area (Å²) in [6, 6.07) is 10.6. The number of fused-ring (bicyclic) bond motifs is 5. The molecule has 0 saturated heterocycles. The van der Waals surface area contributed by atoms with E-state index in [1.165, 1.54) is 61.8 Å². The first-order valence-corrected chi connectivity index (χ1v) is 11.9. The highest BCUT2D eigenvalue weighted by Gasteiger charge is 2.58. The predicted octanol–water partition coefficient (Wildman–Crippen LogP) is 6.91. The van der Waals surface area contributed by atoms with Crippen LogP contribution in [0.3, 0.4) is 0 Å². The number of hydrogen-bond donors (Lipinski definition) is 0. The zero-order valence-electron chi connectivity index (χ0n) is 17.3. The fourth-order valence-electron chi connectivity index (χ4n) is 7.47. The van der Waals surface area contributed by atoms with Crippen molar-refractivity contribution in [3.05, 3.63) is 47.5 Å². The lowest BCUT2D eigenvalue weighted by Gasteiger charge is -2.57. The molecule has 0 N–H and O–H groups in total. The maximum Gasteiger partial charge on any atom is 0.0717 e. The molecule has 0 unspecified atom stereocenters. The van der Waals surface area contributed by atoms with Gasteiger partial charge in [-0.15, -0.1) is 0 Å². The van der Waals surface area contributed by atoms with E-state index in [0.29, 0.717) is 12.0 Å². The molecular formula is C26H34OS. The van der Waals surface area contributed by atoms with Gasteiger partial charge in [0, 0.05) is 10.3 Å². The van der Waals surface area contributed by atoms with Crippen LogP contribution in [-0.4, -0.2) is 11.5 Å². The molecular weight excluding hydrogens is 360 g/mol. The summed E-state index contributed by atoms with van der Waals surface area (Å²) in [5.74, 6) is 2.44. The summed E-state index contributed by atoms with van der Waals surface area (Å²) in [5, 5.41) is 0. The minimum Gasteiger partial charge on any atom is -0.376 e. The molecule has 0 spiro atoms. The molecule has 0 amide bonds. The van der Waals surface area contributed by atoms with Crippen LogP contribution >= 0.6 is 12.2 Å². The predicted molar refractivity (Wildman–Crippen MR) is 119 cm³/mol. The van der Waals surface area contributed by atoms with E-state index >= 15 is 0 Å². The lowest BCUT2D eigenvalue weighted by Crippen LogP contribution is -2.51. The van der Waals surface area contributed by atoms with Crippen LogP contribution in [0.25, 0.3) is 0 Å². The first-order valence-electron chi connectivity index (χ1n) is 11.5. The smallest absolute Gasteiger partial charge is 0.0717 e. The molecule has 0 bridgehead atoms. The maximum absolute atomic E-state index is 6.34. The zero-order valence-corrected chi connectivity index (χ0v) is 18.1. The van der Waals surface area contributed by atoms with Crippen molar-refractivity contribution in [3.63, 3.8) is 0 Å². The van der Waals surface area contributed by atoms with E-state index in [9.17, 15) is 0 Å². The van der Waals surface area contributed by atoms with Gasteiger partial charge >= 0.3 is 0 Å². The van der Waals surface area contributed by atoms with E-state index in [1.807, 2.05) is 0 Å². The van der Waals surface area contributed by atoms with E-state index in [4.69, 9.17) is 17.0 Å². The number of ether oxygens (including phenoxy) is 1. The monoisotopic (exact) mass is 394 g/mol. The zero-order chi connectivity index (χ0) is 19.2. The van der Waals surface area contributed by atoms with Gasteiger partial charge in [-0.3, -0.25) is 0 Å². The van der Waals surface area contributed by atoms with Gasteiger partial charge in [0.1, 0.15) is 0 Å². The Bertz CT molecular complexity index is 768. The second kappa shape index (κ2) is 7.36. The summed E-state index contributed by atoms with van der Waals surface area (Å²) >= 11 is 6.00. The Morgan fingerprint density at radius 3 is 2.75 bits per heavy atom. The second-order valence-corrected chi connectivity index (χ2v) is 10.6. The molecule has 28 heavy (non-hydrogen) atoms. The molecule has 0 aromatic heterocycles. The second-order valence-electron chi connectivity index (χ2n) is 10.1. The van der Waals surface area contributed by atoms with Crippen molar-refractivity contribution in [2.24, 2.45) is 28.6 Å². The van der Waals surface area contributed by atoms with Crippen molar-refractivity contribution in [3.8, 4) is 0 Å². The fraction of sp³-hybridized carbons (Fsp3) is 0.654. The highest BCUT2D eigenvalue weighted by molar-refractivity contribution is 7.80. The highest BCUT2D eigenvalue weighted by atomic mass is 32.1. The molecule has 3 fully saturated rings. The van der Waals surface area contributed by atoms with Crippen molar-refractivity contribution in [1.82, 2.24) is 0 Å². The topological polar surface area (TPSA) is 9.23 Å². The quantitative estimate of drug-likeness (QED) is 0.405. The molecule has 1 nitrogen and oxygen atoms in total. The van der Waals surface area contributed by atoms with E-state index in [2.05, 4.69) is 43.3 Å². The third kappa shape index (κ3) is 2.94. The normalized spacial score (nSPS) is 39.7. The van der Waals surface area contributed by atoms with Crippen LogP contribution in [0.2, 0.25) is 0 Å². The third-order valence-electron chi connectivity index (χ3n) is 8.93. The van der Waals surface area contributed by atoms with E-state index in [-0.39, 0.29) is 5.41 Å². The van der Waals surface area contributed by atoms with Crippen LogP contribution in [-0.2, 0) is 11.3 Å². The van der Waals surface area contributed by atoms with Crippen LogP contribution in [0, 0.1) is 28.6 Å². The summed E-state index contributed by atoms with van der Waals surface area (Å²) in [4.78, 5) is 1.33. The van der Waals surface area contributed by atoms with Gasteiger partial charge in [0.15, 0.2) is 0 Å². The van der Waals surface area contributed by atoms with Gasteiger partial charge in [-0.1, -0.05) is 67.5 Å². The molecule has 5 rings (SSSR count). The van der Waals surface area contributed by atoms with Crippen molar-refractivity contribution in [1.29, 1.82) is 0 Å². The Labute approximate surface area is 175 Å². The van der Waals surface area contributed by atoms with Gasteiger partial charge in [0.25, 0.3) is 0 Å². The van der Waals surface area contributed by atoms with Crippen molar-refractivity contribution >= 4 is 17.1 Å². The SMILES string of the molecule is C[C@]12CCCCC1=CC[C@H]1[C@@H]3CCC(=S)[C@@]3(COCc3ccccc3)CC[C@@H]12. The molecule has 4 aliphatic carbocycles. The van der Waals surface area contributed by atoms with E-state index in [0.717, 1.165) is 30.8 Å². The summed E-state index contributed by atoms with van der Waals surface area (Å²) < 4.78 is 6.34. The molecule has 0 radical (unpaired) electrons. The van der Waals surface area contributed by atoms with Crippen LogP contribution < -0.4 is 0 Å². The van der Waals surface area contributed by atoms with Gasteiger partial charge in [0.05, 0.1) is 13.2 Å². The molecule has 0 aliphatic heterocycles. The molecule has 3 saturated carbocycles. The van der Waals surface area contributed by atoms with Crippen LogP contribution in [0.1, 0.15) is 70.3 Å². The summed E-state index contributed by atoms with van der Waals surface area (Å²) in [5.41, 5.74) is 3.71. The Hall–Kier alpha value is -0.990. The number of benzene rings is 1. The summed E-state index contributed by atoms with van der Waals surface area (Å²) in [6.07, 6.45) is 14.6. The van der Waals surface area contributed by atoms with Gasteiger partial charge in [0.2, 0.25) is 0 Å². The molecule has 2 heteroatoms. The standard InChI is InChI=1S/C26H34OS/c1-25-15-6-5-9-20(25)10-11-21-22(25)14-16-26(23(21)12-13-24(26)28)18-27-17-19-7-3-2-4-8-19/h2-4,7-8,10,21-23H,5-6,9,11-18H2,1H3/t21-,22+,23+,25+,26-/m1/s1. The molecule has 5 atom stereocenters. The maximum atomic E-state index is 6.34. The lowest BCUT2D eigenvalue weighted by atomic mass is 9.48. The van der Waals surface area contributed by atoms with Gasteiger partial charge < -0.3 is 4.74 Å². The van der Waals surface area contributed by atoms with Gasteiger partial charge in [-0.25, -0.2) is 0 Å². The van der Waals surface area contributed by atoms with E-state index < -0.39 is 0 Å². The van der Waals surface area contributed by atoms with Gasteiger partial charge in [-0.05, 0) is 80.1 Å². The molecule has 4 aliphatic rings. The largest absolute Gasteiger partial charge is 0.376 e. The number of rotatable bonds is 4. The first kappa shape index (κ1) is 19.0. The average molecular weight is 395 g/mol. The fourth-order valence-corrected chi connectivity index (χ4v) is 7.90. The number of thiocarbonyl (C=S) groups is 1. The minimum absolute atomic E-state index is 0.168. The lowest BCUT2D eigenvalue weighted by molar-refractivity contribution is -0.0509. The third-order valence-corrected chi connectivity index (χ3v) is 9.55. The highest BCUT2D eigenvalue weighted by Crippen LogP contribution is 2.64. The Balaban J connectivity index is 1.36. The molecule has 0 heterocycles. The first-order chi connectivity index (χ1) is 13.6. The number of allylic oxidation sites excluding steroid dienone is 2. The molecule has 1 aromatic carbocycles. The Kier molecular flexibility index (Phi) is 5.00. The molecule has 1 aromatic rings. The van der Waals surface area contributed by atoms with Crippen molar-refractivity contribution in [2.45, 2.75) is 71.3 Å². The Morgan fingerprint density at radius 1 is 1.04 bits per heavy atom. The summed E-state index contributed by atoms with van der Waals surface area (Å²) in [6.45, 7) is 4.15. The Morgan fingerprint density at radius 2 is 1.89 bits per heavy atom. The van der Waals surface area contributed by atoms with E-state index in [1.54, 1.807) is 5.57 Å². The van der Waals surface area contributed by atoms with Crippen molar-refractivity contribution in [2.75, 3.05) is 6.61 Å². The van der Waals surface area contributed by atoms with Crippen LogP contribution in [0.4, 0.5) is 0 Å². The van der Waals surface area contributed by atoms with Crippen LogP contribution in [0.15, 0.2) is 42.0 Å². The summed E-state index contributed by atoms with van der Waals surface area (Å²) in [7, 11) is 0. The average Bonchev–Trinajstić information content (AvgIpc) is 3.05. The minimum atomic E-state index is 0.168.